The van der Waals surface area contributed by atoms with Crippen LogP contribution < -0.4 is 11.1 Å². The number of carbonyl (C=O) groups excluding carboxylic acids is 3. The van der Waals surface area contributed by atoms with Crippen molar-refractivity contribution in [2.75, 3.05) is 13.1 Å². The van der Waals surface area contributed by atoms with Gasteiger partial charge in [0, 0.05) is 34.4 Å². The van der Waals surface area contributed by atoms with Crippen LogP contribution >= 0.6 is 12.4 Å². The van der Waals surface area contributed by atoms with Crippen molar-refractivity contribution >= 4 is 29.9 Å². The first-order valence-electron chi connectivity index (χ1n) is 7.44. The van der Waals surface area contributed by atoms with Crippen molar-refractivity contribution in [1.29, 1.82) is 0 Å². The van der Waals surface area contributed by atoms with E-state index in [-0.39, 0.29) is 35.4 Å². The first-order valence-corrected chi connectivity index (χ1v) is 7.44. The molecule has 6 heteroatoms. The molecule has 24 heavy (non-hydrogen) atoms. The van der Waals surface area contributed by atoms with E-state index in [1.165, 1.54) is 6.07 Å². The van der Waals surface area contributed by atoms with E-state index in [1.54, 1.807) is 36.4 Å². The Morgan fingerprint density at radius 2 is 1.50 bits per heavy atom. The van der Waals surface area contributed by atoms with Crippen LogP contribution in [0, 0.1) is 0 Å². The van der Waals surface area contributed by atoms with Crippen molar-refractivity contribution in [3.63, 3.8) is 0 Å². The molecule has 5 nitrogen and oxygen atoms in total. The van der Waals surface area contributed by atoms with Gasteiger partial charge >= 0.3 is 0 Å². The summed E-state index contributed by atoms with van der Waals surface area (Å²) in [5, 5.41) is 2.74. The summed E-state index contributed by atoms with van der Waals surface area (Å²) in [5.41, 5.74) is 7.16. The van der Waals surface area contributed by atoms with Crippen molar-refractivity contribution < 1.29 is 14.4 Å². The number of benzene rings is 2. The van der Waals surface area contributed by atoms with Crippen molar-refractivity contribution in [1.82, 2.24) is 5.32 Å². The van der Waals surface area contributed by atoms with Crippen LogP contribution in [0.3, 0.4) is 0 Å². The van der Waals surface area contributed by atoms with Crippen LogP contribution in [0.15, 0.2) is 42.5 Å². The van der Waals surface area contributed by atoms with Crippen molar-refractivity contribution in [2.45, 2.75) is 6.42 Å². The Morgan fingerprint density at radius 1 is 0.917 bits per heavy atom. The van der Waals surface area contributed by atoms with Crippen LogP contribution in [0.5, 0.6) is 0 Å². The second-order valence-corrected chi connectivity index (χ2v) is 5.36. The maximum Gasteiger partial charge on any atom is 0.251 e. The zero-order valence-corrected chi connectivity index (χ0v) is 13.7. The number of hydrogen-bond donors (Lipinski definition) is 2. The SMILES string of the molecule is Cl.NCCCNC(=O)c1ccc2c(c1)C(=O)c1ccccc1C2=O. The fourth-order valence-electron chi connectivity index (χ4n) is 2.65. The molecular formula is C18H17ClN2O3. The molecule has 0 fully saturated rings. The van der Waals surface area contributed by atoms with E-state index in [0.29, 0.717) is 41.8 Å². The fraction of sp³-hybridized carbons (Fsp3) is 0.167. The van der Waals surface area contributed by atoms with Gasteiger partial charge in [0.2, 0.25) is 0 Å². The quantitative estimate of drug-likeness (QED) is 0.708. The minimum atomic E-state index is -0.277. The minimum absolute atomic E-state index is 0. The van der Waals surface area contributed by atoms with Gasteiger partial charge in [-0.1, -0.05) is 24.3 Å². The van der Waals surface area contributed by atoms with E-state index in [9.17, 15) is 14.4 Å². The first-order chi connectivity index (χ1) is 11.1. The van der Waals surface area contributed by atoms with E-state index in [0.717, 1.165) is 0 Å². The summed E-state index contributed by atoms with van der Waals surface area (Å²) < 4.78 is 0. The molecule has 1 aliphatic carbocycles. The Morgan fingerprint density at radius 3 is 2.12 bits per heavy atom. The third-order valence-corrected chi connectivity index (χ3v) is 3.85. The Bertz CT molecular complexity index is 818. The number of nitrogens with two attached hydrogens (primary N) is 1. The van der Waals surface area contributed by atoms with E-state index < -0.39 is 0 Å². The normalized spacial score (nSPS) is 12.0. The van der Waals surface area contributed by atoms with Gasteiger partial charge in [0.1, 0.15) is 0 Å². The first kappa shape index (κ1) is 17.8. The molecule has 0 radical (unpaired) electrons. The summed E-state index contributed by atoms with van der Waals surface area (Å²) in [6.07, 6.45) is 0.682. The van der Waals surface area contributed by atoms with Crippen molar-refractivity contribution in [3.8, 4) is 0 Å². The number of amides is 1. The van der Waals surface area contributed by atoms with Crippen LogP contribution in [-0.2, 0) is 0 Å². The highest BCUT2D eigenvalue weighted by Gasteiger charge is 2.29. The summed E-state index contributed by atoms with van der Waals surface area (Å²) in [5.74, 6) is -0.697. The summed E-state index contributed by atoms with van der Waals surface area (Å²) in [4.78, 5) is 37.2. The highest BCUT2D eigenvalue weighted by Crippen LogP contribution is 2.27. The molecule has 2 aromatic carbocycles. The van der Waals surface area contributed by atoms with Crippen LogP contribution in [0.1, 0.15) is 48.6 Å². The van der Waals surface area contributed by atoms with Gasteiger partial charge in [0.05, 0.1) is 0 Å². The molecule has 0 unspecified atom stereocenters. The number of nitrogens with one attached hydrogen (secondary N) is 1. The van der Waals surface area contributed by atoms with Gasteiger partial charge in [-0.3, -0.25) is 14.4 Å². The van der Waals surface area contributed by atoms with Crippen LogP contribution in [0.4, 0.5) is 0 Å². The molecule has 0 atom stereocenters. The lowest BCUT2D eigenvalue weighted by atomic mass is 9.83. The number of carbonyl (C=O) groups is 3. The lowest BCUT2D eigenvalue weighted by Gasteiger charge is -2.17. The van der Waals surface area contributed by atoms with Gasteiger partial charge in [0.15, 0.2) is 11.6 Å². The molecule has 1 aliphatic rings. The molecular weight excluding hydrogens is 328 g/mol. The Balaban J connectivity index is 0.00000208. The highest BCUT2D eigenvalue weighted by atomic mass is 35.5. The van der Waals surface area contributed by atoms with Crippen molar-refractivity contribution in [2.24, 2.45) is 5.73 Å². The van der Waals surface area contributed by atoms with Crippen molar-refractivity contribution in [3.05, 3.63) is 70.3 Å². The molecule has 3 rings (SSSR count). The van der Waals surface area contributed by atoms with Crippen LogP contribution in [0.25, 0.3) is 0 Å². The molecule has 0 saturated heterocycles. The summed E-state index contributed by atoms with van der Waals surface area (Å²) in [6, 6.07) is 11.3. The molecule has 0 aromatic heterocycles. The topological polar surface area (TPSA) is 89.3 Å². The largest absolute Gasteiger partial charge is 0.352 e. The van der Waals surface area contributed by atoms with Gasteiger partial charge in [-0.25, -0.2) is 0 Å². The molecule has 0 aliphatic heterocycles. The average molecular weight is 345 g/mol. The third-order valence-electron chi connectivity index (χ3n) is 3.85. The van der Waals surface area contributed by atoms with Gasteiger partial charge in [0.25, 0.3) is 5.91 Å². The fourth-order valence-corrected chi connectivity index (χ4v) is 2.65. The predicted octanol–water partition coefficient (Wildman–Crippen LogP) is 1.96. The number of fused-ring (bicyclic) bond motifs is 2. The molecule has 0 saturated carbocycles. The Kier molecular flexibility index (Phi) is 5.49. The average Bonchev–Trinajstić information content (AvgIpc) is 2.59. The maximum atomic E-state index is 12.6. The number of halogens is 1. The van der Waals surface area contributed by atoms with Gasteiger partial charge in [-0.05, 0) is 31.2 Å². The summed E-state index contributed by atoms with van der Waals surface area (Å²) >= 11 is 0. The molecule has 0 spiro atoms. The van der Waals surface area contributed by atoms with E-state index in [2.05, 4.69) is 5.32 Å². The standard InChI is InChI=1S/C18H16N2O3.ClH/c19-8-3-9-20-18(23)11-6-7-14-15(10-11)17(22)13-5-2-1-4-12(13)16(14)21;/h1-2,4-7,10H,3,8-9,19H2,(H,20,23);1H. The molecule has 1 amide bonds. The van der Waals surface area contributed by atoms with E-state index in [4.69, 9.17) is 5.73 Å². The molecule has 0 bridgehead atoms. The van der Waals surface area contributed by atoms with Crippen LogP contribution in [0.2, 0.25) is 0 Å². The second-order valence-electron chi connectivity index (χ2n) is 5.36. The smallest absolute Gasteiger partial charge is 0.251 e. The Hall–Kier alpha value is -2.50. The third kappa shape index (κ3) is 3.09. The lowest BCUT2D eigenvalue weighted by molar-refractivity contribution is 0.0951. The monoisotopic (exact) mass is 344 g/mol. The number of ketones is 2. The van der Waals surface area contributed by atoms with E-state index >= 15 is 0 Å². The van der Waals surface area contributed by atoms with Gasteiger partial charge in [-0.15, -0.1) is 12.4 Å². The zero-order chi connectivity index (χ0) is 16.4. The number of hydrogen-bond acceptors (Lipinski definition) is 4. The van der Waals surface area contributed by atoms with Gasteiger partial charge < -0.3 is 11.1 Å². The maximum absolute atomic E-state index is 12.6. The summed E-state index contributed by atoms with van der Waals surface area (Å²) in [6.45, 7) is 0.969. The van der Waals surface area contributed by atoms with Crippen LogP contribution in [-0.4, -0.2) is 30.6 Å². The number of rotatable bonds is 4. The highest BCUT2D eigenvalue weighted by molar-refractivity contribution is 6.28. The predicted molar refractivity (Wildman–Crippen MR) is 93.0 cm³/mol. The van der Waals surface area contributed by atoms with Gasteiger partial charge in [-0.2, -0.15) is 0 Å². The zero-order valence-electron chi connectivity index (χ0n) is 12.9. The molecule has 0 heterocycles. The minimum Gasteiger partial charge on any atom is -0.352 e. The second kappa shape index (κ2) is 7.38. The molecule has 3 N–H and O–H groups in total. The molecule has 2 aromatic rings. The lowest BCUT2D eigenvalue weighted by Crippen LogP contribution is -2.27. The van der Waals surface area contributed by atoms with E-state index in [1.807, 2.05) is 0 Å². The summed E-state index contributed by atoms with van der Waals surface area (Å²) in [7, 11) is 0. The Labute approximate surface area is 145 Å². The molecule has 124 valence electrons.